The van der Waals surface area contributed by atoms with Gasteiger partial charge in [0.2, 0.25) is 0 Å². The van der Waals surface area contributed by atoms with Crippen molar-refractivity contribution in [2.24, 2.45) is 0 Å². The number of carbonyl (C=O) groups excluding carboxylic acids is 1. The molecule has 160 valence electrons. The molecule has 0 bridgehead atoms. The number of aromatic nitrogens is 1. The van der Waals surface area contributed by atoms with E-state index in [-0.39, 0.29) is 31.0 Å². The van der Waals surface area contributed by atoms with E-state index in [4.69, 9.17) is 0 Å². The number of carbonyl (C=O) groups is 1. The lowest BCUT2D eigenvalue weighted by molar-refractivity contribution is -0.274. The Bertz CT molecular complexity index is 939. The van der Waals surface area contributed by atoms with Crippen LogP contribution in [-0.2, 0) is 11.0 Å². The molecule has 11 heteroatoms. The summed E-state index contributed by atoms with van der Waals surface area (Å²) in [4.78, 5) is 17.6. The van der Waals surface area contributed by atoms with Crippen LogP contribution in [0.4, 0.5) is 37.8 Å². The molecule has 5 nitrogen and oxygen atoms in total. The van der Waals surface area contributed by atoms with Crippen LogP contribution in [0.25, 0.3) is 0 Å². The zero-order chi connectivity index (χ0) is 21.9. The Hall–Kier alpha value is -3.24. The minimum Gasteiger partial charge on any atom is -0.406 e. The average Bonchev–Trinajstić information content (AvgIpc) is 2.68. The molecule has 0 radical (unpaired) electrons. The summed E-state index contributed by atoms with van der Waals surface area (Å²) in [7, 11) is 0. The number of nitrogens with zero attached hydrogens (tertiary/aromatic N) is 2. The van der Waals surface area contributed by atoms with E-state index in [1.165, 1.54) is 35.4 Å². The van der Waals surface area contributed by atoms with Gasteiger partial charge in [-0.05, 0) is 42.8 Å². The first-order chi connectivity index (χ1) is 14.0. The Morgan fingerprint density at radius 2 is 1.77 bits per heavy atom. The molecular weight excluding hydrogens is 416 g/mol. The van der Waals surface area contributed by atoms with Crippen molar-refractivity contribution in [1.82, 2.24) is 4.98 Å². The number of halogens is 6. The zero-order valence-corrected chi connectivity index (χ0v) is 15.2. The van der Waals surface area contributed by atoms with Gasteiger partial charge in [-0.1, -0.05) is 6.08 Å². The number of hydrogen-bond donors (Lipinski definition) is 1. The van der Waals surface area contributed by atoms with E-state index >= 15 is 0 Å². The highest BCUT2D eigenvalue weighted by atomic mass is 19.4. The number of anilines is 2. The highest BCUT2D eigenvalue weighted by Gasteiger charge is 2.36. The minimum atomic E-state index is -4.82. The highest BCUT2D eigenvalue weighted by Crippen LogP contribution is 2.36. The molecule has 1 aromatic carbocycles. The van der Waals surface area contributed by atoms with Gasteiger partial charge in [-0.3, -0.25) is 4.79 Å². The van der Waals surface area contributed by atoms with Gasteiger partial charge >= 0.3 is 12.5 Å². The zero-order valence-electron chi connectivity index (χ0n) is 15.2. The van der Waals surface area contributed by atoms with Crippen molar-refractivity contribution in [2.75, 3.05) is 23.3 Å². The second-order valence-corrected chi connectivity index (χ2v) is 6.32. The number of amides is 1. The Morgan fingerprint density at radius 3 is 2.33 bits per heavy atom. The van der Waals surface area contributed by atoms with Gasteiger partial charge in [-0.2, -0.15) is 13.2 Å². The lowest BCUT2D eigenvalue weighted by atomic mass is 10.1. The maximum Gasteiger partial charge on any atom is 0.573 e. The van der Waals surface area contributed by atoms with Crippen molar-refractivity contribution in [2.45, 2.75) is 19.0 Å². The third kappa shape index (κ3) is 5.43. The van der Waals surface area contributed by atoms with E-state index in [0.29, 0.717) is 5.57 Å². The predicted molar refractivity (Wildman–Crippen MR) is 95.9 cm³/mol. The van der Waals surface area contributed by atoms with Gasteiger partial charge in [-0.25, -0.2) is 4.98 Å². The second-order valence-electron chi connectivity index (χ2n) is 6.32. The fraction of sp³-hybridized carbons (Fsp3) is 0.263. The van der Waals surface area contributed by atoms with Crippen LogP contribution in [0, 0.1) is 0 Å². The van der Waals surface area contributed by atoms with Crippen molar-refractivity contribution in [3.05, 3.63) is 59.8 Å². The molecule has 0 fully saturated rings. The molecule has 0 unspecified atom stereocenters. The van der Waals surface area contributed by atoms with Crippen LogP contribution >= 0.6 is 0 Å². The summed E-state index contributed by atoms with van der Waals surface area (Å²) >= 11 is 0. The van der Waals surface area contributed by atoms with E-state index in [1.54, 1.807) is 0 Å². The monoisotopic (exact) mass is 431 g/mol. The number of rotatable bonds is 4. The van der Waals surface area contributed by atoms with E-state index in [0.717, 1.165) is 18.2 Å². The second kappa shape index (κ2) is 8.25. The fourth-order valence-electron chi connectivity index (χ4n) is 2.89. The van der Waals surface area contributed by atoms with Gasteiger partial charge in [-0.15, -0.1) is 13.2 Å². The molecule has 3 rings (SSSR count). The van der Waals surface area contributed by atoms with Crippen molar-refractivity contribution in [3.63, 3.8) is 0 Å². The first kappa shape index (κ1) is 21.5. The molecule has 0 atom stereocenters. The van der Waals surface area contributed by atoms with Crippen molar-refractivity contribution in [1.29, 1.82) is 0 Å². The maximum absolute atomic E-state index is 13.2. The van der Waals surface area contributed by atoms with E-state index < -0.39 is 29.8 Å². The largest absolute Gasteiger partial charge is 0.573 e. The number of ether oxygens (including phenoxy) is 1. The molecule has 1 N–H and O–H groups in total. The molecular formula is C19H15F6N3O2. The molecule has 1 aliphatic rings. The molecule has 2 aromatic rings. The van der Waals surface area contributed by atoms with Crippen molar-refractivity contribution in [3.8, 4) is 5.75 Å². The summed E-state index contributed by atoms with van der Waals surface area (Å²) in [5, 5.41) is 2.53. The summed E-state index contributed by atoms with van der Waals surface area (Å²) in [6, 6.07) is 6.76. The molecule has 1 aromatic heterocycles. The van der Waals surface area contributed by atoms with Gasteiger partial charge < -0.3 is 15.0 Å². The molecule has 0 saturated carbocycles. The summed E-state index contributed by atoms with van der Waals surface area (Å²) in [6.07, 6.45) is -6.43. The highest BCUT2D eigenvalue weighted by molar-refractivity contribution is 6.04. The summed E-state index contributed by atoms with van der Waals surface area (Å²) in [5.41, 5.74) is -0.249. The number of benzene rings is 1. The van der Waals surface area contributed by atoms with Crippen LogP contribution in [0.5, 0.6) is 5.75 Å². The van der Waals surface area contributed by atoms with Crippen LogP contribution < -0.4 is 15.0 Å². The molecule has 30 heavy (non-hydrogen) atoms. The average molecular weight is 431 g/mol. The first-order valence-electron chi connectivity index (χ1n) is 8.66. The molecule has 0 spiro atoms. The van der Waals surface area contributed by atoms with Crippen molar-refractivity contribution >= 4 is 17.4 Å². The standard InChI is InChI=1S/C19H15F6N3O2/c20-18(21,22)15-2-1-9-26-16(15)28-10-7-12(8-11-28)17(29)27-13-3-5-14(6-4-13)30-19(23,24)25/h1-7,9H,8,10-11H2,(H,27,29). The molecule has 0 saturated heterocycles. The van der Waals surface area contributed by atoms with E-state index in [1.807, 2.05) is 0 Å². The van der Waals surface area contributed by atoms with Crippen LogP contribution in [0.1, 0.15) is 12.0 Å². The third-order valence-corrected chi connectivity index (χ3v) is 4.24. The summed E-state index contributed by atoms with van der Waals surface area (Å²) < 4.78 is 79.7. The van der Waals surface area contributed by atoms with Gasteiger partial charge in [0.15, 0.2) is 0 Å². The quantitative estimate of drug-likeness (QED) is 0.709. The van der Waals surface area contributed by atoms with Gasteiger partial charge in [0.25, 0.3) is 5.91 Å². The number of nitrogens with one attached hydrogen (secondary N) is 1. The Kier molecular flexibility index (Phi) is 5.90. The van der Waals surface area contributed by atoms with Crippen LogP contribution in [0.2, 0.25) is 0 Å². The summed E-state index contributed by atoms with van der Waals surface area (Å²) in [6.45, 7) is 0.207. The van der Waals surface area contributed by atoms with E-state index in [9.17, 15) is 31.1 Å². The SMILES string of the molecule is O=C(Nc1ccc(OC(F)(F)F)cc1)C1=CCN(c2ncccc2C(F)(F)F)CC1. The van der Waals surface area contributed by atoms with Crippen LogP contribution in [0.3, 0.4) is 0 Å². The van der Waals surface area contributed by atoms with Crippen LogP contribution in [0.15, 0.2) is 54.2 Å². The number of hydrogen-bond acceptors (Lipinski definition) is 4. The fourth-order valence-corrected chi connectivity index (χ4v) is 2.89. The van der Waals surface area contributed by atoms with Crippen molar-refractivity contribution < 1.29 is 35.9 Å². The number of pyridine rings is 1. The van der Waals surface area contributed by atoms with E-state index in [2.05, 4.69) is 15.0 Å². The molecule has 0 aliphatic carbocycles. The lowest BCUT2D eigenvalue weighted by Crippen LogP contribution is -2.33. The maximum atomic E-state index is 13.2. The first-order valence-corrected chi connectivity index (χ1v) is 8.66. The minimum absolute atomic E-state index is 0.0568. The van der Waals surface area contributed by atoms with Gasteiger partial charge in [0, 0.05) is 30.5 Å². The third-order valence-electron chi connectivity index (χ3n) is 4.24. The van der Waals surface area contributed by atoms with Gasteiger partial charge in [0.1, 0.15) is 11.6 Å². The predicted octanol–water partition coefficient (Wildman–Crippen LogP) is 4.77. The van der Waals surface area contributed by atoms with Crippen LogP contribution in [-0.4, -0.2) is 30.3 Å². The normalized spacial score (nSPS) is 14.9. The Morgan fingerprint density at radius 1 is 1.07 bits per heavy atom. The molecule has 1 amide bonds. The van der Waals surface area contributed by atoms with Gasteiger partial charge in [0.05, 0.1) is 5.56 Å². The smallest absolute Gasteiger partial charge is 0.406 e. The Balaban J connectivity index is 1.64. The summed E-state index contributed by atoms with van der Waals surface area (Å²) in [5.74, 6) is -1.12. The number of alkyl halides is 6. The molecule has 1 aliphatic heterocycles. The lowest BCUT2D eigenvalue weighted by Gasteiger charge is -2.29. The molecule has 2 heterocycles. The Labute approximate surface area is 167 Å². The topological polar surface area (TPSA) is 54.5 Å².